The zero-order valence-corrected chi connectivity index (χ0v) is 10.9. The molecule has 98 valence electrons. The quantitative estimate of drug-likeness (QED) is 0.858. The molecule has 0 aliphatic heterocycles. The third-order valence-electron chi connectivity index (χ3n) is 2.60. The molecule has 0 spiro atoms. The van der Waals surface area contributed by atoms with E-state index in [9.17, 15) is 4.79 Å². The van der Waals surface area contributed by atoms with Crippen LogP contribution in [0.3, 0.4) is 0 Å². The Kier molecular flexibility index (Phi) is 3.65. The van der Waals surface area contributed by atoms with Crippen LogP contribution in [0.4, 0.5) is 11.8 Å². The van der Waals surface area contributed by atoms with Gasteiger partial charge in [0.15, 0.2) is 0 Å². The van der Waals surface area contributed by atoms with Gasteiger partial charge in [0.2, 0.25) is 5.95 Å². The molecule has 0 atom stereocenters. The predicted octanol–water partition coefficient (Wildman–Crippen LogP) is 1.18. The number of aromatic nitrogens is 4. The number of anilines is 2. The molecule has 0 saturated heterocycles. The maximum atomic E-state index is 11.9. The second-order valence-corrected chi connectivity index (χ2v) is 3.94. The van der Waals surface area contributed by atoms with Gasteiger partial charge >= 0.3 is 0 Å². The minimum Gasteiger partial charge on any atom is -0.373 e. The van der Waals surface area contributed by atoms with Gasteiger partial charge in [0, 0.05) is 13.2 Å². The van der Waals surface area contributed by atoms with Crippen LogP contribution >= 0.6 is 0 Å². The van der Waals surface area contributed by atoms with Crippen LogP contribution < -0.4 is 10.6 Å². The molecule has 19 heavy (non-hydrogen) atoms. The average molecular weight is 258 g/mol. The van der Waals surface area contributed by atoms with E-state index < -0.39 is 0 Å². The Labute approximate surface area is 110 Å². The smallest absolute Gasteiger partial charge is 0.259 e. The van der Waals surface area contributed by atoms with E-state index in [-0.39, 0.29) is 11.9 Å². The summed E-state index contributed by atoms with van der Waals surface area (Å²) >= 11 is 0. The second kappa shape index (κ2) is 5.38. The summed E-state index contributed by atoms with van der Waals surface area (Å²) in [6.07, 6.45) is 1.48. The summed E-state index contributed by atoms with van der Waals surface area (Å²) in [6, 6.07) is 3.39. The van der Waals surface area contributed by atoms with Crippen molar-refractivity contribution in [3.8, 4) is 0 Å². The summed E-state index contributed by atoms with van der Waals surface area (Å²) < 4.78 is 0. The normalized spacial score (nSPS) is 10.1. The van der Waals surface area contributed by atoms with E-state index in [0.717, 1.165) is 11.4 Å². The Morgan fingerprint density at radius 3 is 2.53 bits per heavy atom. The van der Waals surface area contributed by atoms with Crippen molar-refractivity contribution in [3.63, 3.8) is 0 Å². The lowest BCUT2D eigenvalue weighted by Crippen LogP contribution is -2.16. The molecule has 2 aromatic heterocycles. The third-order valence-corrected chi connectivity index (χ3v) is 2.60. The van der Waals surface area contributed by atoms with Gasteiger partial charge in [-0.3, -0.25) is 10.1 Å². The van der Waals surface area contributed by atoms with Crippen LogP contribution in [0.1, 0.15) is 21.7 Å². The first-order valence-corrected chi connectivity index (χ1v) is 5.73. The highest BCUT2D eigenvalue weighted by molar-refractivity contribution is 6.03. The molecular weight excluding hydrogens is 244 g/mol. The van der Waals surface area contributed by atoms with Crippen LogP contribution in [-0.2, 0) is 0 Å². The highest BCUT2D eigenvalue weighted by Gasteiger charge is 2.09. The maximum absolute atomic E-state index is 11.9. The fourth-order valence-electron chi connectivity index (χ4n) is 1.36. The summed E-state index contributed by atoms with van der Waals surface area (Å²) in [4.78, 5) is 20.1. The number of carbonyl (C=O) groups excluding carboxylic acids is 1. The molecule has 0 aromatic carbocycles. The highest BCUT2D eigenvalue weighted by atomic mass is 16.1. The zero-order chi connectivity index (χ0) is 13.8. The van der Waals surface area contributed by atoms with E-state index in [2.05, 4.69) is 30.8 Å². The molecule has 0 fully saturated rings. The molecule has 2 rings (SSSR count). The Morgan fingerprint density at radius 1 is 1.16 bits per heavy atom. The van der Waals surface area contributed by atoms with Gasteiger partial charge in [-0.1, -0.05) is 0 Å². The fraction of sp³-hybridized carbons (Fsp3) is 0.250. The monoisotopic (exact) mass is 258 g/mol. The largest absolute Gasteiger partial charge is 0.373 e. The molecule has 0 aliphatic carbocycles. The van der Waals surface area contributed by atoms with Crippen LogP contribution in [0.2, 0.25) is 0 Å². The summed E-state index contributed by atoms with van der Waals surface area (Å²) in [5.41, 5.74) is 1.90. The van der Waals surface area contributed by atoms with Crippen molar-refractivity contribution in [1.82, 2.24) is 20.2 Å². The molecule has 7 nitrogen and oxygen atoms in total. The number of amides is 1. The van der Waals surface area contributed by atoms with Crippen LogP contribution in [0.15, 0.2) is 18.3 Å². The molecule has 2 N–H and O–H groups in total. The molecule has 1 amide bonds. The van der Waals surface area contributed by atoms with E-state index in [0.29, 0.717) is 11.4 Å². The van der Waals surface area contributed by atoms with Crippen molar-refractivity contribution in [2.45, 2.75) is 13.8 Å². The fourth-order valence-corrected chi connectivity index (χ4v) is 1.36. The standard InChI is InChI=1S/C12H14N6O/c1-7-8(2)17-18-12(15-7)16-11(19)9-4-5-10(13-3)14-6-9/h4-6H,1-3H3,(H,13,14)(H,15,16,18,19). The van der Waals surface area contributed by atoms with Gasteiger partial charge in [-0.25, -0.2) is 9.97 Å². The highest BCUT2D eigenvalue weighted by Crippen LogP contribution is 2.07. The van der Waals surface area contributed by atoms with Crippen molar-refractivity contribution in [2.75, 3.05) is 17.7 Å². The number of carbonyl (C=O) groups is 1. The molecule has 7 heteroatoms. The van der Waals surface area contributed by atoms with Crippen LogP contribution in [-0.4, -0.2) is 33.1 Å². The number of aryl methyl sites for hydroxylation is 2. The minimum atomic E-state index is -0.319. The lowest BCUT2D eigenvalue weighted by Gasteiger charge is -2.05. The third kappa shape index (κ3) is 3.01. The van der Waals surface area contributed by atoms with Crippen molar-refractivity contribution >= 4 is 17.7 Å². The summed E-state index contributed by atoms with van der Waals surface area (Å²) in [5.74, 6) is 0.562. The number of hydrogen-bond acceptors (Lipinski definition) is 6. The Balaban J connectivity index is 2.13. The van der Waals surface area contributed by atoms with Crippen molar-refractivity contribution in [3.05, 3.63) is 35.3 Å². The van der Waals surface area contributed by atoms with Gasteiger partial charge in [0.1, 0.15) is 5.82 Å². The first-order valence-electron chi connectivity index (χ1n) is 5.73. The number of nitrogens with one attached hydrogen (secondary N) is 2. The van der Waals surface area contributed by atoms with Crippen molar-refractivity contribution in [2.24, 2.45) is 0 Å². The zero-order valence-electron chi connectivity index (χ0n) is 10.9. The molecule has 2 heterocycles. The molecule has 2 aromatic rings. The van der Waals surface area contributed by atoms with Crippen LogP contribution in [0.5, 0.6) is 0 Å². The molecular formula is C12H14N6O. The SMILES string of the molecule is CNc1ccc(C(=O)Nc2nnc(C)c(C)n2)cn1. The summed E-state index contributed by atoms with van der Waals surface area (Å²) in [5, 5.41) is 13.2. The maximum Gasteiger partial charge on any atom is 0.259 e. The van der Waals surface area contributed by atoms with Gasteiger partial charge < -0.3 is 5.32 Å². The second-order valence-electron chi connectivity index (χ2n) is 3.94. The molecule has 0 aliphatic rings. The van der Waals surface area contributed by atoms with E-state index in [4.69, 9.17) is 0 Å². The van der Waals surface area contributed by atoms with Gasteiger partial charge in [-0.2, -0.15) is 5.10 Å². The first kappa shape index (κ1) is 12.9. The van der Waals surface area contributed by atoms with Gasteiger partial charge in [-0.15, -0.1) is 5.10 Å². The van der Waals surface area contributed by atoms with Crippen molar-refractivity contribution < 1.29 is 4.79 Å². The molecule has 0 bridgehead atoms. The minimum absolute atomic E-state index is 0.186. The Hall–Kier alpha value is -2.57. The molecule has 0 radical (unpaired) electrons. The number of rotatable bonds is 3. The topological polar surface area (TPSA) is 92.7 Å². The molecule has 0 saturated carbocycles. The van der Waals surface area contributed by atoms with E-state index in [1.54, 1.807) is 26.1 Å². The summed E-state index contributed by atoms with van der Waals surface area (Å²) in [7, 11) is 1.76. The average Bonchev–Trinajstić information content (AvgIpc) is 2.43. The van der Waals surface area contributed by atoms with Crippen molar-refractivity contribution in [1.29, 1.82) is 0 Å². The van der Waals surface area contributed by atoms with E-state index >= 15 is 0 Å². The Bertz CT molecular complexity index is 596. The molecule has 0 unspecified atom stereocenters. The van der Waals surface area contributed by atoms with E-state index in [1.165, 1.54) is 6.20 Å². The lowest BCUT2D eigenvalue weighted by atomic mass is 10.2. The van der Waals surface area contributed by atoms with Gasteiger partial charge in [-0.05, 0) is 26.0 Å². The number of pyridine rings is 1. The van der Waals surface area contributed by atoms with Crippen LogP contribution in [0, 0.1) is 13.8 Å². The van der Waals surface area contributed by atoms with Gasteiger partial charge in [0.05, 0.1) is 17.0 Å². The summed E-state index contributed by atoms with van der Waals surface area (Å²) in [6.45, 7) is 3.62. The number of nitrogens with zero attached hydrogens (tertiary/aromatic N) is 4. The van der Waals surface area contributed by atoms with E-state index in [1.807, 2.05) is 6.92 Å². The van der Waals surface area contributed by atoms with Crippen LogP contribution in [0.25, 0.3) is 0 Å². The lowest BCUT2D eigenvalue weighted by molar-refractivity contribution is 0.102. The number of hydrogen-bond donors (Lipinski definition) is 2. The Morgan fingerprint density at radius 2 is 1.95 bits per heavy atom. The predicted molar refractivity (Wildman–Crippen MR) is 71.0 cm³/mol. The first-order chi connectivity index (χ1) is 9.10. The van der Waals surface area contributed by atoms with Gasteiger partial charge in [0.25, 0.3) is 5.91 Å².